The van der Waals surface area contributed by atoms with E-state index >= 15 is 0 Å². The second-order valence-corrected chi connectivity index (χ2v) is 11.2. The van der Waals surface area contributed by atoms with Crippen LogP contribution in [0.4, 0.5) is 0 Å². The Labute approximate surface area is 226 Å². The van der Waals surface area contributed by atoms with Gasteiger partial charge in [-0.15, -0.1) is 13.2 Å². The van der Waals surface area contributed by atoms with Gasteiger partial charge in [0, 0.05) is 44.1 Å². The number of esters is 1. The third-order valence-electron chi connectivity index (χ3n) is 7.88. The Balaban J connectivity index is 1.58. The van der Waals surface area contributed by atoms with Crippen LogP contribution in [0.1, 0.15) is 19.3 Å². The van der Waals surface area contributed by atoms with Gasteiger partial charge in [-0.3, -0.25) is 19.3 Å². The lowest BCUT2D eigenvalue weighted by Crippen LogP contribution is -2.58. The van der Waals surface area contributed by atoms with Crippen molar-refractivity contribution < 1.29 is 33.7 Å². The van der Waals surface area contributed by atoms with E-state index in [1.807, 2.05) is 0 Å². The van der Waals surface area contributed by atoms with E-state index in [-0.39, 0.29) is 36.4 Å². The van der Waals surface area contributed by atoms with Gasteiger partial charge in [-0.05, 0) is 19.3 Å². The number of β-amino-alcohol motifs (C(OH)–C–C–N with tert-alkyl or cyclic N) is 1. The normalized spacial score (nSPS) is 32.9. The maximum absolute atomic E-state index is 14.1. The van der Waals surface area contributed by atoms with Crippen LogP contribution in [0.2, 0.25) is 0 Å². The molecule has 0 saturated carbocycles. The fraction of sp³-hybridized carbons (Fsp3) is 0.731. The van der Waals surface area contributed by atoms with Gasteiger partial charge in [0.1, 0.15) is 11.6 Å². The topological polar surface area (TPSA) is 109 Å². The number of morpholine rings is 1. The standard InChI is InChI=1S/C26H38BrN3O7/c1-3-5-6-14-36-25(34)19-20-23(32)30(10-13-31)22(26(20)17-18(27)21(19)37-26)24(33)29(7-4-2)9-8-28-11-15-35-16-12-28/h3-4,18-22,31H,1-2,5-17H2/t18?,19-,20+,21-,22?,26?/m1/s1. The molecule has 0 aromatic rings. The number of nitrogens with zero attached hydrogens (tertiary/aromatic N) is 3. The molecule has 0 aromatic carbocycles. The van der Waals surface area contributed by atoms with E-state index in [2.05, 4.69) is 34.0 Å². The largest absolute Gasteiger partial charge is 0.465 e. The SMILES string of the molecule is C=CCCCOC(=O)[C@H]1[C@@H]2OC3(CC2Br)C(C(=O)N(CC=C)CCN2CCOCC2)N(CCO)C(=O)[C@H]13. The summed E-state index contributed by atoms with van der Waals surface area (Å²) in [5, 5.41) is 9.78. The molecule has 4 aliphatic rings. The van der Waals surface area contributed by atoms with Crippen molar-refractivity contribution in [3.8, 4) is 0 Å². The molecule has 1 N–H and O–H groups in total. The van der Waals surface area contributed by atoms with Crippen LogP contribution in [0, 0.1) is 11.8 Å². The fourth-order valence-electron chi connectivity index (χ4n) is 6.23. The lowest BCUT2D eigenvalue weighted by atomic mass is 9.70. The van der Waals surface area contributed by atoms with E-state index in [0.29, 0.717) is 45.7 Å². The second kappa shape index (κ2) is 12.4. The van der Waals surface area contributed by atoms with Gasteiger partial charge < -0.3 is 29.1 Å². The van der Waals surface area contributed by atoms with Crippen molar-refractivity contribution in [1.82, 2.24) is 14.7 Å². The third-order valence-corrected chi connectivity index (χ3v) is 8.73. The number of halogens is 1. The maximum Gasteiger partial charge on any atom is 0.312 e. The molecule has 10 nitrogen and oxygen atoms in total. The first-order chi connectivity index (χ1) is 17.9. The second-order valence-electron chi connectivity index (χ2n) is 10.0. The number of alkyl halides is 1. The maximum atomic E-state index is 14.1. The van der Waals surface area contributed by atoms with Gasteiger partial charge in [0.2, 0.25) is 11.8 Å². The molecule has 0 aliphatic carbocycles. The van der Waals surface area contributed by atoms with Crippen molar-refractivity contribution in [1.29, 1.82) is 0 Å². The van der Waals surface area contributed by atoms with Crippen LogP contribution in [0.15, 0.2) is 25.3 Å². The first-order valence-corrected chi connectivity index (χ1v) is 14.0. The third kappa shape index (κ3) is 5.38. The molecule has 4 fully saturated rings. The van der Waals surface area contributed by atoms with Crippen LogP contribution in [-0.4, -0.2) is 126 Å². The van der Waals surface area contributed by atoms with E-state index < -0.39 is 35.6 Å². The van der Waals surface area contributed by atoms with Crippen LogP contribution in [0.3, 0.4) is 0 Å². The number of allylic oxidation sites excluding steroid dienone is 1. The lowest BCUT2D eigenvalue weighted by Gasteiger charge is -2.37. The summed E-state index contributed by atoms with van der Waals surface area (Å²) in [5.74, 6) is -2.71. The Morgan fingerprint density at radius 3 is 2.68 bits per heavy atom. The molecule has 0 aromatic heterocycles. The van der Waals surface area contributed by atoms with Crippen LogP contribution in [0.5, 0.6) is 0 Å². The van der Waals surface area contributed by atoms with Crippen molar-refractivity contribution in [2.24, 2.45) is 11.8 Å². The van der Waals surface area contributed by atoms with E-state index in [0.717, 1.165) is 19.5 Å². The summed E-state index contributed by atoms with van der Waals surface area (Å²) in [6.45, 7) is 11.8. The smallest absolute Gasteiger partial charge is 0.312 e. The number of amides is 2. The molecule has 4 saturated heterocycles. The van der Waals surface area contributed by atoms with Crippen molar-refractivity contribution in [3.05, 3.63) is 25.3 Å². The highest BCUT2D eigenvalue weighted by Gasteiger charge is 2.77. The fourth-order valence-corrected chi connectivity index (χ4v) is 7.17. The van der Waals surface area contributed by atoms with Gasteiger partial charge in [-0.2, -0.15) is 0 Å². The summed E-state index contributed by atoms with van der Waals surface area (Å²) in [6, 6.07) is -0.939. The molecule has 0 radical (unpaired) electrons. The van der Waals surface area contributed by atoms with Crippen molar-refractivity contribution >= 4 is 33.7 Å². The zero-order valence-corrected chi connectivity index (χ0v) is 22.9. The average molecular weight is 585 g/mol. The minimum Gasteiger partial charge on any atom is -0.465 e. The van der Waals surface area contributed by atoms with E-state index in [4.69, 9.17) is 14.2 Å². The summed E-state index contributed by atoms with van der Waals surface area (Å²) < 4.78 is 17.4. The monoisotopic (exact) mass is 583 g/mol. The molecule has 3 unspecified atom stereocenters. The van der Waals surface area contributed by atoms with Crippen LogP contribution < -0.4 is 0 Å². The summed E-state index contributed by atoms with van der Waals surface area (Å²) >= 11 is 3.65. The minimum absolute atomic E-state index is 0.0129. The number of carbonyl (C=O) groups is 3. The number of ether oxygens (including phenoxy) is 3. The van der Waals surface area contributed by atoms with Crippen LogP contribution in [-0.2, 0) is 28.6 Å². The van der Waals surface area contributed by atoms with Crippen molar-refractivity contribution in [3.63, 3.8) is 0 Å². The summed E-state index contributed by atoms with van der Waals surface area (Å²) in [5.41, 5.74) is -1.16. The number of hydrogen-bond acceptors (Lipinski definition) is 8. The molecule has 6 atom stereocenters. The minimum atomic E-state index is -1.16. The molecule has 37 heavy (non-hydrogen) atoms. The van der Waals surface area contributed by atoms with E-state index in [9.17, 15) is 19.5 Å². The van der Waals surface area contributed by atoms with Gasteiger partial charge in [-0.1, -0.05) is 28.1 Å². The molecule has 4 rings (SSSR count). The van der Waals surface area contributed by atoms with Crippen LogP contribution >= 0.6 is 15.9 Å². The highest BCUT2D eigenvalue weighted by molar-refractivity contribution is 9.09. The van der Waals surface area contributed by atoms with Crippen molar-refractivity contribution in [2.45, 2.75) is 41.8 Å². The zero-order chi connectivity index (χ0) is 26.6. The lowest BCUT2D eigenvalue weighted by molar-refractivity contribution is -0.155. The molecule has 11 heteroatoms. The Bertz CT molecular complexity index is 882. The zero-order valence-electron chi connectivity index (χ0n) is 21.3. The molecular formula is C26H38BrN3O7. The van der Waals surface area contributed by atoms with Gasteiger partial charge in [0.05, 0.1) is 44.4 Å². The molecule has 1 spiro atoms. The average Bonchev–Trinajstić information content (AvgIpc) is 3.48. The number of aliphatic hydroxyl groups excluding tert-OH is 1. The van der Waals surface area contributed by atoms with E-state index in [1.54, 1.807) is 17.1 Å². The Kier molecular flexibility index (Phi) is 9.44. The highest BCUT2D eigenvalue weighted by atomic mass is 79.9. The highest BCUT2D eigenvalue weighted by Crippen LogP contribution is 2.60. The number of carbonyl (C=O) groups excluding carboxylic acids is 3. The molecule has 4 heterocycles. The first kappa shape index (κ1) is 28.2. The number of rotatable bonds is 13. The Hall–Kier alpha value is -1.79. The number of unbranched alkanes of at least 4 members (excludes halogenated alkanes) is 1. The number of hydrogen-bond donors (Lipinski definition) is 1. The molecule has 206 valence electrons. The summed E-state index contributed by atoms with van der Waals surface area (Å²) in [6.07, 6.45) is 4.65. The van der Waals surface area contributed by atoms with Gasteiger partial charge in [0.15, 0.2) is 0 Å². The summed E-state index contributed by atoms with van der Waals surface area (Å²) in [7, 11) is 0. The number of fused-ring (bicyclic) bond motifs is 1. The predicted molar refractivity (Wildman–Crippen MR) is 139 cm³/mol. The van der Waals surface area contributed by atoms with E-state index in [1.165, 1.54) is 4.90 Å². The Morgan fingerprint density at radius 2 is 2.00 bits per heavy atom. The van der Waals surface area contributed by atoms with Gasteiger partial charge >= 0.3 is 5.97 Å². The first-order valence-electron chi connectivity index (χ1n) is 13.1. The Morgan fingerprint density at radius 1 is 1.24 bits per heavy atom. The summed E-state index contributed by atoms with van der Waals surface area (Å²) in [4.78, 5) is 46.2. The quantitative estimate of drug-likeness (QED) is 0.145. The van der Waals surface area contributed by atoms with Gasteiger partial charge in [-0.25, -0.2) is 0 Å². The molecule has 2 bridgehead atoms. The van der Waals surface area contributed by atoms with Gasteiger partial charge in [0.25, 0.3) is 0 Å². The molecule has 2 amide bonds. The van der Waals surface area contributed by atoms with Crippen LogP contribution in [0.25, 0.3) is 0 Å². The number of aliphatic hydroxyl groups is 1. The number of likely N-dealkylation sites (tertiary alicyclic amines) is 1. The molecular weight excluding hydrogens is 546 g/mol. The van der Waals surface area contributed by atoms with Crippen molar-refractivity contribution in [2.75, 3.05) is 65.7 Å². The molecule has 4 aliphatic heterocycles. The predicted octanol–water partition coefficient (Wildman–Crippen LogP) is 0.583.